The summed E-state index contributed by atoms with van der Waals surface area (Å²) in [5.41, 5.74) is 5.23. The fourth-order valence-electron chi connectivity index (χ4n) is 2.21. The predicted octanol–water partition coefficient (Wildman–Crippen LogP) is 1.49. The van der Waals surface area contributed by atoms with Crippen molar-refractivity contribution in [2.75, 3.05) is 0 Å². The summed E-state index contributed by atoms with van der Waals surface area (Å²) in [5.74, 6) is 0. The van der Waals surface area contributed by atoms with E-state index in [1.165, 1.54) is 24.1 Å². The van der Waals surface area contributed by atoms with Crippen molar-refractivity contribution in [3.63, 3.8) is 0 Å². The van der Waals surface area contributed by atoms with E-state index in [4.69, 9.17) is 4.63 Å². The van der Waals surface area contributed by atoms with Crippen LogP contribution in [0.2, 0.25) is 0 Å². The van der Waals surface area contributed by atoms with Gasteiger partial charge in [0.05, 0.1) is 12.2 Å². The Kier molecular flexibility index (Phi) is 3.10. The van der Waals surface area contributed by atoms with Crippen LogP contribution < -0.4 is 5.32 Å². The molecule has 1 aliphatic carbocycles. The van der Waals surface area contributed by atoms with E-state index in [1.54, 1.807) is 0 Å². The van der Waals surface area contributed by atoms with E-state index in [0.29, 0.717) is 12.6 Å². The first-order valence-electron chi connectivity index (χ1n) is 6.69. The average Bonchev–Trinajstić information content (AvgIpc) is 3.06. The summed E-state index contributed by atoms with van der Waals surface area (Å²) in [7, 11) is 0. The molecule has 0 amide bonds. The maximum Gasteiger partial charge on any atom is 0.129 e. The van der Waals surface area contributed by atoms with Gasteiger partial charge in [0.1, 0.15) is 11.4 Å². The number of rotatable bonds is 5. The Bertz CT molecular complexity index is 582. The van der Waals surface area contributed by atoms with Gasteiger partial charge in [-0.2, -0.15) is 5.10 Å². The Morgan fingerprint density at radius 2 is 2.00 bits per heavy atom. The smallest absolute Gasteiger partial charge is 0.129 e. The molecule has 102 valence electrons. The number of nitrogens with one attached hydrogen (secondary N) is 1. The number of hydrogen-bond donors (Lipinski definition) is 1. The largest absolute Gasteiger partial charge is 0.310 e. The van der Waals surface area contributed by atoms with Crippen molar-refractivity contribution < 1.29 is 4.63 Å². The highest BCUT2D eigenvalue weighted by Gasteiger charge is 2.22. The van der Waals surface area contributed by atoms with Crippen LogP contribution in [0.25, 0.3) is 0 Å². The molecule has 0 unspecified atom stereocenters. The molecule has 1 saturated carbocycles. The van der Waals surface area contributed by atoms with Gasteiger partial charge in [0.2, 0.25) is 0 Å². The van der Waals surface area contributed by atoms with Gasteiger partial charge in [0.15, 0.2) is 0 Å². The Labute approximate surface area is 112 Å². The summed E-state index contributed by atoms with van der Waals surface area (Å²) in [6.07, 6.45) is 2.60. The molecule has 19 heavy (non-hydrogen) atoms. The van der Waals surface area contributed by atoms with Crippen molar-refractivity contribution in [1.29, 1.82) is 0 Å². The molecule has 0 spiro atoms. The molecule has 1 fully saturated rings. The van der Waals surface area contributed by atoms with Crippen molar-refractivity contribution in [3.8, 4) is 0 Å². The lowest BCUT2D eigenvalue weighted by Gasteiger charge is -2.05. The van der Waals surface area contributed by atoms with Gasteiger partial charge in [0, 0.05) is 23.8 Å². The molecule has 2 heterocycles. The molecule has 3 rings (SSSR count). The topological polar surface area (TPSA) is 68.8 Å². The number of hydrogen-bond acceptors (Lipinski definition) is 5. The van der Waals surface area contributed by atoms with E-state index < -0.39 is 0 Å². The van der Waals surface area contributed by atoms with Crippen molar-refractivity contribution >= 4 is 0 Å². The lowest BCUT2D eigenvalue weighted by molar-refractivity contribution is 0.300. The number of aryl methyl sites for hydroxylation is 2. The molecule has 2 aromatic heterocycles. The van der Waals surface area contributed by atoms with Crippen LogP contribution in [-0.4, -0.2) is 26.1 Å². The van der Waals surface area contributed by atoms with E-state index in [2.05, 4.69) is 34.6 Å². The number of aromatic nitrogens is 4. The number of nitrogens with zero attached hydrogens (tertiary/aromatic N) is 4. The van der Waals surface area contributed by atoms with Crippen molar-refractivity contribution in [2.24, 2.45) is 0 Å². The minimum atomic E-state index is 0.617. The summed E-state index contributed by atoms with van der Waals surface area (Å²) >= 11 is 0. The minimum absolute atomic E-state index is 0.617. The third-order valence-electron chi connectivity index (χ3n) is 3.72. The Morgan fingerprint density at radius 1 is 1.21 bits per heavy atom. The van der Waals surface area contributed by atoms with Crippen molar-refractivity contribution in [1.82, 2.24) is 25.4 Å². The summed E-state index contributed by atoms with van der Waals surface area (Å²) in [5, 5.41) is 15.8. The standard InChI is InChI=1S/C13H19N5O/c1-8-12(6-14-11-4-5-11)10(3)18(15-8)7-13-9(2)16-19-17-13/h11,14H,4-7H2,1-3H3. The molecular formula is C13H19N5O. The van der Waals surface area contributed by atoms with Gasteiger partial charge in [-0.15, -0.1) is 0 Å². The molecule has 0 aromatic carbocycles. The molecule has 1 N–H and O–H groups in total. The van der Waals surface area contributed by atoms with Gasteiger partial charge in [-0.25, -0.2) is 4.63 Å². The fraction of sp³-hybridized carbons (Fsp3) is 0.615. The van der Waals surface area contributed by atoms with E-state index in [0.717, 1.165) is 23.6 Å². The second kappa shape index (κ2) is 4.77. The van der Waals surface area contributed by atoms with Crippen LogP contribution in [0, 0.1) is 20.8 Å². The predicted molar refractivity (Wildman–Crippen MR) is 69.7 cm³/mol. The van der Waals surface area contributed by atoms with Gasteiger partial charge in [-0.05, 0) is 33.6 Å². The van der Waals surface area contributed by atoms with E-state index in [9.17, 15) is 0 Å². The lowest BCUT2D eigenvalue weighted by atomic mass is 10.2. The molecule has 6 heteroatoms. The molecule has 0 aliphatic heterocycles. The second-order valence-electron chi connectivity index (χ2n) is 5.26. The highest BCUT2D eigenvalue weighted by Crippen LogP contribution is 2.21. The van der Waals surface area contributed by atoms with Gasteiger partial charge in [0.25, 0.3) is 0 Å². The summed E-state index contributed by atoms with van der Waals surface area (Å²) in [6.45, 7) is 7.57. The SMILES string of the molecule is Cc1nonc1Cn1nc(C)c(CNC2CC2)c1C. The maximum absolute atomic E-state index is 4.73. The van der Waals surface area contributed by atoms with Crippen LogP contribution in [0.4, 0.5) is 0 Å². The normalized spacial score (nSPS) is 15.1. The molecule has 0 radical (unpaired) electrons. The zero-order valence-corrected chi connectivity index (χ0v) is 11.6. The molecule has 0 atom stereocenters. The lowest BCUT2D eigenvalue weighted by Crippen LogP contribution is -2.16. The fourth-order valence-corrected chi connectivity index (χ4v) is 2.21. The molecule has 1 aliphatic rings. The first-order valence-corrected chi connectivity index (χ1v) is 6.69. The van der Waals surface area contributed by atoms with Crippen LogP contribution >= 0.6 is 0 Å². The molecule has 0 saturated heterocycles. The van der Waals surface area contributed by atoms with Gasteiger partial charge in [-0.3, -0.25) is 4.68 Å². The highest BCUT2D eigenvalue weighted by atomic mass is 16.6. The van der Waals surface area contributed by atoms with Gasteiger partial charge >= 0.3 is 0 Å². The van der Waals surface area contributed by atoms with Crippen LogP contribution in [0.3, 0.4) is 0 Å². The molecule has 2 aromatic rings. The van der Waals surface area contributed by atoms with Gasteiger partial charge < -0.3 is 5.32 Å². The molecular weight excluding hydrogens is 242 g/mol. The summed E-state index contributed by atoms with van der Waals surface area (Å²) < 4.78 is 6.71. The van der Waals surface area contributed by atoms with E-state index >= 15 is 0 Å². The summed E-state index contributed by atoms with van der Waals surface area (Å²) in [6, 6.07) is 0.712. The third-order valence-corrected chi connectivity index (χ3v) is 3.72. The zero-order valence-electron chi connectivity index (χ0n) is 11.6. The zero-order chi connectivity index (χ0) is 13.4. The first-order chi connectivity index (χ1) is 9.15. The van der Waals surface area contributed by atoms with Crippen LogP contribution in [0.5, 0.6) is 0 Å². The van der Waals surface area contributed by atoms with Crippen LogP contribution in [-0.2, 0) is 13.1 Å². The highest BCUT2D eigenvalue weighted by molar-refractivity contribution is 5.25. The van der Waals surface area contributed by atoms with Crippen molar-refractivity contribution in [2.45, 2.75) is 52.7 Å². The minimum Gasteiger partial charge on any atom is -0.310 e. The Hall–Kier alpha value is -1.69. The third kappa shape index (κ3) is 2.53. The van der Waals surface area contributed by atoms with Gasteiger partial charge in [-0.1, -0.05) is 10.3 Å². The molecule has 6 nitrogen and oxygen atoms in total. The van der Waals surface area contributed by atoms with Crippen molar-refractivity contribution in [3.05, 3.63) is 28.3 Å². The van der Waals surface area contributed by atoms with Crippen LogP contribution in [0.15, 0.2) is 4.63 Å². The average molecular weight is 261 g/mol. The second-order valence-corrected chi connectivity index (χ2v) is 5.26. The Morgan fingerprint density at radius 3 is 2.63 bits per heavy atom. The first kappa shape index (κ1) is 12.3. The van der Waals surface area contributed by atoms with E-state index in [-0.39, 0.29) is 0 Å². The maximum atomic E-state index is 4.73. The monoisotopic (exact) mass is 261 g/mol. The van der Waals surface area contributed by atoms with E-state index in [1.807, 2.05) is 11.6 Å². The quantitative estimate of drug-likeness (QED) is 0.883. The molecule has 0 bridgehead atoms. The Balaban J connectivity index is 1.78. The van der Waals surface area contributed by atoms with Crippen LogP contribution in [0.1, 0.15) is 41.2 Å². The summed E-state index contributed by atoms with van der Waals surface area (Å²) in [4.78, 5) is 0.